The summed E-state index contributed by atoms with van der Waals surface area (Å²) in [5.74, 6) is -0.421. The molecule has 0 aliphatic carbocycles. The topological polar surface area (TPSA) is 237 Å². The molecule has 0 spiro atoms. The van der Waals surface area contributed by atoms with Crippen molar-refractivity contribution in [3.63, 3.8) is 0 Å². The van der Waals surface area contributed by atoms with Crippen LogP contribution in [0.1, 0.15) is 395 Å². The van der Waals surface area contributed by atoms with E-state index in [1.807, 2.05) is 0 Å². The van der Waals surface area contributed by atoms with Crippen LogP contribution in [0, 0.1) is 11.8 Å². The first-order chi connectivity index (χ1) is 45.9. The van der Waals surface area contributed by atoms with E-state index in [9.17, 15) is 43.2 Å². The Bertz CT molecular complexity index is 1840. The van der Waals surface area contributed by atoms with Crippen molar-refractivity contribution in [2.75, 3.05) is 39.6 Å². The number of carbonyl (C=O) groups is 4. The fourth-order valence-corrected chi connectivity index (χ4v) is 13.2. The Balaban J connectivity index is 5.21. The third-order valence-corrected chi connectivity index (χ3v) is 20.3. The first kappa shape index (κ1) is 93.1. The van der Waals surface area contributed by atoms with Crippen molar-refractivity contribution in [2.24, 2.45) is 11.8 Å². The molecule has 3 N–H and O–H groups in total. The Kier molecular flexibility index (Phi) is 66.5. The molecule has 0 aromatic heterocycles. The molecule has 0 aliphatic rings. The van der Waals surface area contributed by atoms with Crippen molar-refractivity contribution < 1.29 is 80.2 Å². The van der Waals surface area contributed by atoms with Crippen LogP contribution in [0.4, 0.5) is 0 Å². The Morgan fingerprint density at radius 3 is 0.747 bits per heavy atom. The summed E-state index contributed by atoms with van der Waals surface area (Å²) >= 11 is 0. The van der Waals surface area contributed by atoms with Gasteiger partial charge < -0.3 is 33.8 Å². The molecular formula is C76H148O17P2. The van der Waals surface area contributed by atoms with Gasteiger partial charge in [-0.3, -0.25) is 37.3 Å². The molecular weight excluding hydrogens is 1250 g/mol. The van der Waals surface area contributed by atoms with E-state index < -0.39 is 97.5 Å². The van der Waals surface area contributed by atoms with Gasteiger partial charge in [-0.15, -0.1) is 0 Å². The Morgan fingerprint density at radius 2 is 0.505 bits per heavy atom. The predicted octanol–water partition coefficient (Wildman–Crippen LogP) is 22.3. The number of aliphatic hydroxyl groups is 1. The SMILES string of the molecule is CCCCCCCCCCCCC(=O)O[C@H](COC(=O)CCCCCCCCCCC)COP(=O)(O)OC[C@H](O)COP(=O)(O)OC[C@@H](COC(=O)CCCCCCCCCCCCCCCCC(C)CC)OC(=O)CCCCCCCCCCCCCCCCC(C)CC. The molecule has 4 unspecified atom stereocenters. The zero-order valence-electron chi connectivity index (χ0n) is 62.0. The molecule has 0 rings (SSSR count). The Hall–Kier alpha value is -1.94. The molecule has 0 bridgehead atoms. The summed E-state index contributed by atoms with van der Waals surface area (Å²) in [6, 6.07) is 0. The van der Waals surface area contributed by atoms with Gasteiger partial charge in [0.2, 0.25) is 0 Å². The summed E-state index contributed by atoms with van der Waals surface area (Å²) in [4.78, 5) is 72.7. The van der Waals surface area contributed by atoms with E-state index in [2.05, 4.69) is 41.5 Å². The third-order valence-electron chi connectivity index (χ3n) is 18.4. The maximum atomic E-state index is 13.1. The highest BCUT2D eigenvalue weighted by molar-refractivity contribution is 7.47. The van der Waals surface area contributed by atoms with Crippen molar-refractivity contribution in [2.45, 2.75) is 413 Å². The highest BCUT2D eigenvalue weighted by atomic mass is 31.2. The van der Waals surface area contributed by atoms with Crippen molar-refractivity contribution in [1.82, 2.24) is 0 Å². The number of aliphatic hydroxyl groups excluding tert-OH is 1. The normalized spacial score (nSPS) is 14.6. The highest BCUT2D eigenvalue weighted by Gasteiger charge is 2.30. The van der Waals surface area contributed by atoms with Gasteiger partial charge in [-0.2, -0.15) is 0 Å². The van der Waals surface area contributed by atoms with Gasteiger partial charge in [0.15, 0.2) is 12.2 Å². The van der Waals surface area contributed by atoms with Crippen molar-refractivity contribution in [1.29, 1.82) is 0 Å². The van der Waals surface area contributed by atoms with Crippen LogP contribution in [0.15, 0.2) is 0 Å². The fraction of sp³-hybridized carbons (Fsp3) is 0.947. The van der Waals surface area contributed by atoms with Gasteiger partial charge in [0.1, 0.15) is 19.3 Å². The van der Waals surface area contributed by atoms with Crippen LogP contribution >= 0.6 is 15.6 Å². The number of hydrogen-bond donors (Lipinski definition) is 3. The summed E-state index contributed by atoms with van der Waals surface area (Å²) in [5, 5.41) is 10.6. The molecule has 19 heteroatoms. The second kappa shape index (κ2) is 67.9. The zero-order valence-corrected chi connectivity index (χ0v) is 63.8. The van der Waals surface area contributed by atoms with E-state index in [4.69, 9.17) is 37.0 Å². The average molecular weight is 1400 g/mol. The van der Waals surface area contributed by atoms with Crippen LogP contribution in [0.5, 0.6) is 0 Å². The molecule has 0 aromatic rings. The van der Waals surface area contributed by atoms with Crippen LogP contribution in [0.3, 0.4) is 0 Å². The van der Waals surface area contributed by atoms with E-state index in [1.54, 1.807) is 0 Å². The molecule has 95 heavy (non-hydrogen) atoms. The molecule has 0 radical (unpaired) electrons. The number of unbranched alkanes of at least 4 members (excludes halogenated alkanes) is 43. The van der Waals surface area contributed by atoms with Crippen LogP contribution in [0.2, 0.25) is 0 Å². The molecule has 564 valence electrons. The number of rotatable bonds is 75. The van der Waals surface area contributed by atoms with Crippen molar-refractivity contribution in [3.8, 4) is 0 Å². The molecule has 0 saturated heterocycles. The molecule has 0 heterocycles. The number of hydrogen-bond acceptors (Lipinski definition) is 15. The largest absolute Gasteiger partial charge is 0.472 e. The Labute approximate surface area is 581 Å². The lowest BCUT2D eigenvalue weighted by Gasteiger charge is -2.21. The predicted molar refractivity (Wildman–Crippen MR) is 386 cm³/mol. The molecule has 0 amide bonds. The number of carbonyl (C=O) groups excluding carboxylic acids is 4. The first-order valence-electron chi connectivity index (χ1n) is 39.6. The summed E-state index contributed by atoms with van der Waals surface area (Å²) in [7, 11) is -9.91. The van der Waals surface area contributed by atoms with Crippen molar-refractivity contribution in [3.05, 3.63) is 0 Å². The maximum Gasteiger partial charge on any atom is 0.472 e. The molecule has 17 nitrogen and oxygen atoms in total. The van der Waals surface area contributed by atoms with Crippen LogP contribution < -0.4 is 0 Å². The van der Waals surface area contributed by atoms with Gasteiger partial charge in [0.25, 0.3) is 0 Å². The smallest absolute Gasteiger partial charge is 0.462 e. The molecule has 0 aliphatic heterocycles. The quantitative estimate of drug-likeness (QED) is 0.0222. The summed E-state index contributed by atoms with van der Waals surface area (Å²) in [6.45, 7) is 9.68. The van der Waals surface area contributed by atoms with Gasteiger partial charge in [-0.05, 0) is 37.5 Å². The molecule has 0 aromatic carbocycles. The second-order valence-corrected chi connectivity index (χ2v) is 30.8. The van der Waals surface area contributed by atoms with E-state index in [0.29, 0.717) is 25.7 Å². The van der Waals surface area contributed by atoms with Gasteiger partial charge in [0, 0.05) is 25.7 Å². The van der Waals surface area contributed by atoms with Gasteiger partial charge >= 0.3 is 39.5 Å². The minimum Gasteiger partial charge on any atom is -0.462 e. The van der Waals surface area contributed by atoms with Gasteiger partial charge in [-0.25, -0.2) is 9.13 Å². The van der Waals surface area contributed by atoms with Crippen LogP contribution in [0.25, 0.3) is 0 Å². The molecule has 0 fully saturated rings. The molecule has 0 saturated carbocycles. The first-order valence-corrected chi connectivity index (χ1v) is 42.6. The van der Waals surface area contributed by atoms with Crippen molar-refractivity contribution >= 4 is 39.5 Å². The van der Waals surface area contributed by atoms with Crippen LogP contribution in [-0.2, 0) is 65.4 Å². The van der Waals surface area contributed by atoms with E-state index in [1.165, 1.54) is 212 Å². The number of esters is 4. The molecule has 7 atom stereocenters. The maximum absolute atomic E-state index is 13.1. The fourth-order valence-electron chi connectivity index (χ4n) is 11.6. The summed E-state index contributed by atoms with van der Waals surface area (Å²) in [6.07, 6.45) is 55.3. The average Bonchev–Trinajstić information content (AvgIpc) is 2.01. The number of phosphoric acid groups is 2. The number of phosphoric ester groups is 2. The minimum absolute atomic E-state index is 0.106. The van der Waals surface area contributed by atoms with Gasteiger partial charge in [0.05, 0.1) is 26.4 Å². The highest BCUT2D eigenvalue weighted by Crippen LogP contribution is 2.45. The van der Waals surface area contributed by atoms with E-state index in [0.717, 1.165) is 102 Å². The summed E-state index contributed by atoms with van der Waals surface area (Å²) < 4.78 is 68.4. The monoisotopic (exact) mass is 1400 g/mol. The van der Waals surface area contributed by atoms with Gasteiger partial charge in [-0.1, -0.05) is 343 Å². The minimum atomic E-state index is -4.96. The zero-order chi connectivity index (χ0) is 70.0. The standard InChI is InChI=1S/C76H148O17P2/c1-7-11-13-15-17-19-35-42-48-54-60-75(80)92-71(64-86-73(78)58-52-46-40-32-18-16-14-12-8-2)66-90-94(82,83)88-62-70(77)63-89-95(84,85)91-67-72(93-76(81)61-55-49-43-37-31-27-23-21-25-29-34-39-45-51-57-69(6)10-4)65-87-74(79)59-53-47-41-36-30-26-22-20-24-28-33-38-44-50-56-68(5)9-3/h68-72,77H,7-67H2,1-6H3,(H,82,83)(H,84,85)/t68?,69?,70-,71+,72+/m0/s1. The summed E-state index contributed by atoms with van der Waals surface area (Å²) in [5.41, 5.74) is 0. The van der Waals surface area contributed by atoms with Crippen LogP contribution in [-0.4, -0.2) is 96.7 Å². The van der Waals surface area contributed by atoms with E-state index >= 15 is 0 Å². The van der Waals surface area contributed by atoms with E-state index in [-0.39, 0.29) is 25.7 Å². The third kappa shape index (κ3) is 67.6. The Morgan fingerprint density at radius 1 is 0.295 bits per heavy atom. The second-order valence-electron chi connectivity index (χ2n) is 27.9. The lowest BCUT2D eigenvalue weighted by molar-refractivity contribution is -0.161. The number of ether oxygens (including phenoxy) is 4. The lowest BCUT2D eigenvalue weighted by Crippen LogP contribution is -2.30. The lowest BCUT2D eigenvalue weighted by atomic mass is 9.99.